The molecule has 21 heavy (non-hydrogen) atoms. The first-order valence-corrected chi connectivity index (χ1v) is 6.56. The van der Waals surface area contributed by atoms with Gasteiger partial charge in [0, 0.05) is 23.8 Å². The molecule has 0 aliphatic rings. The Bertz CT molecular complexity index is 694. The monoisotopic (exact) mass is 306 g/mol. The molecule has 1 aromatic carbocycles. The molecule has 1 aromatic heterocycles. The van der Waals surface area contributed by atoms with Gasteiger partial charge in [0.25, 0.3) is 5.91 Å². The fraction of sp³-hybridized carbons (Fsp3) is 0.214. The van der Waals surface area contributed by atoms with Crippen LogP contribution in [0.1, 0.15) is 21.6 Å². The zero-order valence-corrected chi connectivity index (χ0v) is 12.7. The van der Waals surface area contributed by atoms with Gasteiger partial charge in [0.2, 0.25) is 0 Å². The highest BCUT2D eigenvalue weighted by atomic mass is 35.5. The Morgan fingerprint density at radius 2 is 2.29 bits per heavy atom. The van der Waals surface area contributed by atoms with Gasteiger partial charge in [0.1, 0.15) is 5.75 Å². The van der Waals surface area contributed by atoms with Crippen molar-refractivity contribution in [2.24, 2.45) is 12.1 Å². The van der Waals surface area contributed by atoms with Crippen LogP contribution in [0.4, 0.5) is 0 Å². The lowest BCUT2D eigenvalue weighted by Gasteiger charge is -2.07. The van der Waals surface area contributed by atoms with Crippen LogP contribution in [0.15, 0.2) is 29.5 Å². The van der Waals surface area contributed by atoms with Gasteiger partial charge >= 0.3 is 0 Å². The van der Waals surface area contributed by atoms with Gasteiger partial charge in [-0.25, -0.2) is 5.43 Å². The number of carbonyl (C=O) groups excluding carboxylic acids is 1. The number of amides is 1. The Morgan fingerprint density at radius 3 is 2.90 bits per heavy atom. The number of hydrogen-bond donors (Lipinski definition) is 1. The van der Waals surface area contributed by atoms with E-state index in [9.17, 15) is 4.79 Å². The standard InChI is InChI=1S/C14H15ClN4O2/c1-9-10(8-19(2)18-9)7-16-17-14(20)12-6-11(15)4-5-13(12)21-3/h4-8H,1-3H3,(H,17,20). The molecule has 1 heterocycles. The van der Waals surface area contributed by atoms with Crippen molar-refractivity contribution in [3.8, 4) is 5.75 Å². The Labute approximate surface area is 127 Å². The molecule has 0 radical (unpaired) electrons. The van der Waals surface area contributed by atoms with Crippen LogP contribution in [0.2, 0.25) is 5.02 Å². The second-order valence-corrected chi connectivity index (χ2v) is 4.82. The van der Waals surface area contributed by atoms with Crippen molar-refractivity contribution in [2.75, 3.05) is 7.11 Å². The molecule has 110 valence electrons. The molecule has 1 N–H and O–H groups in total. The number of halogens is 1. The van der Waals surface area contributed by atoms with Crippen LogP contribution >= 0.6 is 11.6 Å². The van der Waals surface area contributed by atoms with Crippen LogP contribution in [-0.2, 0) is 7.05 Å². The summed E-state index contributed by atoms with van der Waals surface area (Å²) in [5.41, 5.74) is 4.42. The average Bonchev–Trinajstić information content (AvgIpc) is 2.77. The quantitative estimate of drug-likeness (QED) is 0.695. The second-order valence-electron chi connectivity index (χ2n) is 4.39. The smallest absolute Gasteiger partial charge is 0.275 e. The van der Waals surface area contributed by atoms with Gasteiger partial charge in [0.15, 0.2) is 0 Å². The highest BCUT2D eigenvalue weighted by Gasteiger charge is 2.12. The molecule has 0 atom stereocenters. The summed E-state index contributed by atoms with van der Waals surface area (Å²) in [6, 6.07) is 4.81. The minimum atomic E-state index is -0.396. The largest absolute Gasteiger partial charge is 0.496 e. The number of nitrogens with zero attached hydrogens (tertiary/aromatic N) is 3. The van der Waals surface area contributed by atoms with E-state index in [-0.39, 0.29) is 0 Å². The molecule has 0 unspecified atom stereocenters. The molecule has 2 aromatic rings. The van der Waals surface area contributed by atoms with Crippen molar-refractivity contribution >= 4 is 23.7 Å². The normalized spacial score (nSPS) is 10.9. The molecule has 0 aliphatic carbocycles. The van der Waals surface area contributed by atoms with Gasteiger partial charge in [-0.05, 0) is 25.1 Å². The number of aromatic nitrogens is 2. The Hall–Kier alpha value is -2.34. The predicted octanol–water partition coefficient (Wildman–Crippen LogP) is 2.15. The second kappa shape index (κ2) is 6.41. The van der Waals surface area contributed by atoms with Crippen LogP contribution < -0.4 is 10.2 Å². The topological polar surface area (TPSA) is 68.5 Å². The van der Waals surface area contributed by atoms with E-state index < -0.39 is 5.91 Å². The summed E-state index contributed by atoms with van der Waals surface area (Å²) in [6.45, 7) is 1.86. The van der Waals surface area contributed by atoms with Crippen LogP contribution in [0.3, 0.4) is 0 Å². The fourth-order valence-electron chi connectivity index (χ4n) is 1.82. The first-order chi connectivity index (χ1) is 10.0. The number of benzene rings is 1. The summed E-state index contributed by atoms with van der Waals surface area (Å²) in [5, 5.41) is 8.55. The van der Waals surface area contributed by atoms with Gasteiger partial charge in [-0.2, -0.15) is 10.2 Å². The third kappa shape index (κ3) is 3.61. The van der Waals surface area contributed by atoms with E-state index in [4.69, 9.17) is 16.3 Å². The van der Waals surface area contributed by atoms with E-state index in [0.717, 1.165) is 11.3 Å². The molecule has 0 saturated heterocycles. The molecule has 0 saturated carbocycles. The lowest BCUT2D eigenvalue weighted by molar-refractivity contribution is 0.0952. The summed E-state index contributed by atoms with van der Waals surface area (Å²) < 4.78 is 6.80. The SMILES string of the molecule is COc1ccc(Cl)cc1C(=O)NN=Cc1cn(C)nc1C. The number of aryl methyl sites for hydroxylation is 2. The predicted molar refractivity (Wildman–Crippen MR) is 81.0 cm³/mol. The summed E-state index contributed by atoms with van der Waals surface area (Å²) in [6.07, 6.45) is 3.35. The average molecular weight is 307 g/mol. The number of carbonyl (C=O) groups is 1. The molecule has 0 spiro atoms. The summed E-state index contributed by atoms with van der Waals surface area (Å²) in [4.78, 5) is 12.1. The molecule has 7 heteroatoms. The molecule has 0 fully saturated rings. The fourth-order valence-corrected chi connectivity index (χ4v) is 2.00. The number of methoxy groups -OCH3 is 1. The summed E-state index contributed by atoms with van der Waals surface area (Å²) in [5.74, 6) is 0.0387. The Kier molecular flexibility index (Phi) is 4.59. The zero-order chi connectivity index (χ0) is 15.4. The molecule has 6 nitrogen and oxygen atoms in total. The summed E-state index contributed by atoms with van der Waals surface area (Å²) in [7, 11) is 3.31. The van der Waals surface area contributed by atoms with Crippen molar-refractivity contribution in [3.63, 3.8) is 0 Å². The number of ether oxygens (including phenoxy) is 1. The van der Waals surface area contributed by atoms with Crippen LogP contribution in [0.5, 0.6) is 5.75 Å². The molecule has 2 rings (SSSR count). The van der Waals surface area contributed by atoms with Crippen LogP contribution in [0, 0.1) is 6.92 Å². The third-order valence-electron chi connectivity index (χ3n) is 2.83. The minimum Gasteiger partial charge on any atom is -0.496 e. The Morgan fingerprint density at radius 1 is 1.52 bits per heavy atom. The highest BCUT2D eigenvalue weighted by Crippen LogP contribution is 2.22. The van der Waals surface area contributed by atoms with E-state index in [2.05, 4.69) is 15.6 Å². The molecule has 1 amide bonds. The number of rotatable bonds is 4. The first-order valence-electron chi connectivity index (χ1n) is 6.18. The van der Waals surface area contributed by atoms with Crippen LogP contribution in [0.25, 0.3) is 0 Å². The van der Waals surface area contributed by atoms with Gasteiger partial charge < -0.3 is 4.74 Å². The van der Waals surface area contributed by atoms with E-state index in [1.807, 2.05) is 20.2 Å². The number of hydrogen-bond acceptors (Lipinski definition) is 4. The number of nitrogens with one attached hydrogen (secondary N) is 1. The van der Waals surface area contributed by atoms with E-state index in [0.29, 0.717) is 16.3 Å². The maximum Gasteiger partial charge on any atom is 0.275 e. The summed E-state index contributed by atoms with van der Waals surface area (Å²) >= 11 is 5.89. The van der Waals surface area contributed by atoms with E-state index >= 15 is 0 Å². The van der Waals surface area contributed by atoms with Crippen molar-refractivity contribution < 1.29 is 9.53 Å². The lowest BCUT2D eigenvalue weighted by Crippen LogP contribution is -2.18. The van der Waals surface area contributed by atoms with Gasteiger partial charge in [-0.3, -0.25) is 9.48 Å². The maximum atomic E-state index is 12.1. The maximum absolute atomic E-state index is 12.1. The van der Waals surface area contributed by atoms with E-state index in [1.165, 1.54) is 19.4 Å². The van der Waals surface area contributed by atoms with Crippen molar-refractivity contribution in [3.05, 3.63) is 46.2 Å². The highest BCUT2D eigenvalue weighted by molar-refractivity contribution is 6.31. The molecule has 0 bridgehead atoms. The lowest BCUT2D eigenvalue weighted by atomic mass is 10.2. The van der Waals surface area contributed by atoms with Gasteiger partial charge in [-0.15, -0.1) is 0 Å². The number of hydrazone groups is 1. The molecular weight excluding hydrogens is 292 g/mol. The zero-order valence-electron chi connectivity index (χ0n) is 11.9. The Balaban J connectivity index is 2.12. The van der Waals surface area contributed by atoms with Crippen molar-refractivity contribution in [2.45, 2.75) is 6.92 Å². The van der Waals surface area contributed by atoms with Crippen molar-refractivity contribution in [1.29, 1.82) is 0 Å². The first kappa shape index (κ1) is 15.1. The van der Waals surface area contributed by atoms with Gasteiger partial charge in [-0.1, -0.05) is 11.6 Å². The molecular formula is C14H15ClN4O2. The third-order valence-corrected chi connectivity index (χ3v) is 3.06. The van der Waals surface area contributed by atoms with Crippen molar-refractivity contribution in [1.82, 2.24) is 15.2 Å². The van der Waals surface area contributed by atoms with Gasteiger partial charge in [0.05, 0.1) is 24.6 Å². The van der Waals surface area contributed by atoms with Crippen LogP contribution in [-0.4, -0.2) is 29.0 Å². The minimum absolute atomic E-state index is 0.324. The van der Waals surface area contributed by atoms with E-state index in [1.54, 1.807) is 16.8 Å². The molecule has 0 aliphatic heterocycles.